The van der Waals surface area contributed by atoms with Crippen molar-refractivity contribution in [1.29, 1.82) is 0 Å². The third-order valence-corrected chi connectivity index (χ3v) is 7.67. The summed E-state index contributed by atoms with van der Waals surface area (Å²) in [4.78, 5) is 0. The summed E-state index contributed by atoms with van der Waals surface area (Å²) >= 11 is -1.18. The van der Waals surface area contributed by atoms with Gasteiger partial charge in [-0.15, -0.1) is 0 Å². The average Bonchev–Trinajstić information content (AvgIpc) is 2.37. The zero-order chi connectivity index (χ0) is 6.69. The van der Waals surface area contributed by atoms with E-state index in [0.717, 1.165) is 13.0 Å². The molecular formula is C6H9ClHgO. The van der Waals surface area contributed by atoms with E-state index in [4.69, 9.17) is 13.0 Å². The normalized spacial score (nSPS) is 25.7. The molecule has 1 aliphatic rings. The minimum absolute atomic E-state index is 0.351. The molecule has 1 aliphatic heterocycles. The van der Waals surface area contributed by atoms with E-state index in [1.54, 1.807) is 0 Å². The SMILES string of the molecule is C=[C]([Hg][Cl])C1CCCO1. The third kappa shape index (κ3) is 2.21. The molecule has 1 heterocycles. The molecule has 1 nitrogen and oxygen atoms in total. The van der Waals surface area contributed by atoms with Crippen LogP contribution in [0.1, 0.15) is 12.8 Å². The molecule has 0 radical (unpaired) electrons. The van der Waals surface area contributed by atoms with Crippen molar-refractivity contribution >= 4 is 8.25 Å². The topological polar surface area (TPSA) is 9.23 Å². The Morgan fingerprint density at radius 1 is 1.78 bits per heavy atom. The summed E-state index contributed by atoms with van der Waals surface area (Å²) in [5.74, 6) is 0. The summed E-state index contributed by atoms with van der Waals surface area (Å²) in [7, 11) is 5.77. The van der Waals surface area contributed by atoms with Crippen LogP contribution in [0.5, 0.6) is 0 Å². The monoisotopic (exact) mass is 334 g/mol. The van der Waals surface area contributed by atoms with E-state index in [1.165, 1.54) is 9.50 Å². The van der Waals surface area contributed by atoms with Gasteiger partial charge in [0.2, 0.25) is 0 Å². The van der Waals surface area contributed by atoms with Crippen LogP contribution in [-0.2, 0) is 28.1 Å². The molecule has 0 saturated carbocycles. The Labute approximate surface area is 71.3 Å². The van der Waals surface area contributed by atoms with Gasteiger partial charge in [-0.1, -0.05) is 0 Å². The summed E-state index contributed by atoms with van der Waals surface area (Å²) in [6.07, 6.45) is 2.70. The van der Waals surface area contributed by atoms with Crippen LogP contribution in [0.25, 0.3) is 0 Å². The number of halogens is 1. The zero-order valence-corrected chi connectivity index (χ0v) is 11.7. The number of ether oxygens (including phenoxy) is 1. The van der Waals surface area contributed by atoms with Gasteiger partial charge < -0.3 is 0 Å². The standard InChI is InChI=1S/C6H9O.ClH.Hg/c1-2-6-4-3-5-7-6;;/h6H,1,3-5H2;1H;/q;;+1/p-1. The molecule has 1 saturated heterocycles. The van der Waals surface area contributed by atoms with Crippen molar-refractivity contribution in [2.75, 3.05) is 6.61 Å². The quantitative estimate of drug-likeness (QED) is 0.702. The third-order valence-electron chi connectivity index (χ3n) is 1.56. The van der Waals surface area contributed by atoms with Gasteiger partial charge in [-0.05, 0) is 0 Å². The molecule has 0 bridgehead atoms. The number of rotatable bonds is 2. The Morgan fingerprint density at radius 3 is 3.00 bits per heavy atom. The molecule has 0 aromatic rings. The van der Waals surface area contributed by atoms with Gasteiger partial charge in [-0.3, -0.25) is 0 Å². The Balaban J connectivity index is 2.32. The molecule has 0 N–H and O–H groups in total. The predicted molar refractivity (Wildman–Crippen MR) is 34.0 cm³/mol. The molecule has 1 fully saturated rings. The minimum atomic E-state index is -1.18. The molecule has 9 heavy (non-hydrogen) atoms. The fourth-order valence-electron chi connectivity index (χ4n) is 0.986. The second kappa shape index (κ2) is 3.94. The van der Waals surface area contributed by atoms with Gasteiger partial charge in [0.25, 0.3) is 0 Å². The van der Waals surface area contributed by atoms with E-state index in [9.17, 15) is 0 Å². The first-order valence-electron chi connectivity index (χ1n) is 3.20. The first-order chi connectivity index (χ1) is 4.34. The van der Waals surface area contributed by atoms with Crippen molar-refractivity contribution in [3.05, 3.63) is 9.66 Å². The van der Waals surface area contributed by atoms with Crippen LogP contribution in [0, 0.1) is 0 Å². The Morgan fingerprint density at radius 2 is 2.56 bits per heavy atom. The molecule has 1 rings (SSSR count). The molecule has 1 unspecified atom stereocenters. The molecule has 0 aliphatic carbocycles. The van der Waals surface area contributed by atoms with Crippen LogP contribution < -0.4 is 0 Å². The van der Waals surface area contributed by atoms with Gasteiger partial charge in [0.1, 0.15) is 0 Å². The molecule has 3 heteroatoms. The van der Waals surface area contributed by atoms with Gasteiger partial charge in [-0.2, -0.15) is 0 Å². The summed E-state index contributed by atoms with van der Waals surface area (Å²) < 4.78 is 6.62. The second-order valence-electron chi connectivity index (χ2n) is 2.29. The van der Waals surface area contributed by atoms with Crippen molar-refractivity contribution in [1.82, 2.24) is 0 Å². The first kappa shape index (κ1) is 8.03. The van der Waals surface area contributed by atoms with Crippen LogP contribution in [0.2, 0.25) is 0 Å². The van der Waals surface area contributed by atoms with Gasteiger partial charge in [0, 0.05) is 0 Å². The molecule has 0 aromatic carbocycles. The second-order valence-corrected chi connectivity index (χ2v) is 9.21. The Bertz CT molecular complexity index is 110. The van der Waals surface area contributed by atoms with Crippen molar-refractivity contribution < 1.29 is 28.1 Å². The fraction of sp³-hybridized carbons (Fsp3) is 0.667. The Hall–Kier alpha value is 0.925. The van der Waals surface area contributed by atoms with Crippen LogP contribution in [0.15, 0.2) is 9.66 Å². The van der Waals surface area contributed by atoms with Crippen molar-refractivity contribution in [3.8, 4) is 0 Å². The number of hydrogen-bond acceptors (Lipinski definition) is 1. The van der Waals surface area contributed by atoms with Crippen LogP contribution in [-0.4, -0.2) is 12.7 Å². The van der Waals surface area contributed by atoms with Gasteiger partial charge >= 0.3 is 71.5 Å². The summed E-state index contributed by atoms with van der Waals surface area (Å²) in [6, 6.07) is 0. The van der Waals surface area contributed by atoms with Crippen LogP contribution in [0.4, 0.5) is 0 Å². The van der Waals surface area contributed by atoms with Crippen LogP contribution >= 0.6 is 8.25 Å². The van der Waals surface area contributed by atoms with E-state index in [1.807, 2.05) is 0 Å². The van der Waals surface area contributed by atoms with E-state index >= 15 is 0 Å². The van der Waals surface area contributed by atoms with E-state index < -0.39 is 23.3 Å². The van der Waals surface area contributed by atoms with E-state index in [2.05, 4.69) is 6.58 Å². The van der Waals surface area contributed by atoms with Crippen LogP contribution in [0.3, 0.4) is 0 Å². The van der Waals surface area contributed by atoms with Crippen molar-refractivity contribution in [2.45, 2.75) is 18.9 Å². The maximum atomic E-state index is 5.77. The molecule has 0 aromatic heterocycles. The van der Waals surface area contributed by atoms with Gasteiger partial charge in [0.05, 0.1) is 0 Å². The molecule has 1 atom stereocenters. The molecular weight excluding hydrogens is 324 g/mol. The van der Waals surface area contributed by atoms with E-state index in [-0.39, 0.29) is 0 Å². The molecule has 48 valence electrons. The zero-order valence-electron chi connectivity index (χ0n) is 5.40. The van der Waals surface area contributed by atoms with Crippen molar-refractivity contribution in [3.63, 3.8) is 0 Å². The van der Waals surface area contributed by atoms with Crippen molar-refractivity contribution in [2.24, 2.45) is 0 Å². The van der Waals surface area contributed by atoms with E-state index in [0.29, 0.717) is 6.10 Å². The fourth-order valence-corrected chi connectivity index (χ4v) is 4.42. The maximum absolute atomic E-state index is 5.77. The number of hydrogen-bond donors (Lipinski definition) is 0. The van der Waals surface area contributed by atoms with Gasteiger partial charge in [0.15, 0.2) is 0 Å². The predicted octanol–water partition coefficient (Wildman–Crippen LogP) is 1.92. The average molecular weight is 333 g/mol. The molecule has 0 spiro atoms. The van der Waals surface area contributed by atoms with Gasteiger partial charge in [-0.25, -0.2) is 0 Å². The first-order valence-corrected chi connectivity index (χ1v) is 12.7. The summed E-state index contributed by atoms with van der Waals surface area (Å²) in [6.45, 7) is 4.81. The summed E-state index contributed by atoms with van der Waals surface area (Å²) in [5.41, 5.74) is 0. The Kier molecular flexibility index (Phi) is 3.52. The molecule has 0 amide bonds. The summed E-state index contributed by atoms with van der Waals surface area (Å²) in [5, 5.41) is 0.